The maximum Gasteiger partial charge on any atom is 0.416 e. The van der Waals surface area contributed by atoms with Gasteiger partial charge in [0.1, 0.15) is 18.0 Å². The highest BCUT2D eigenvalue weighted by molar-refractivity contribution is 5.45. The quantitative estimate of drug-likeness (QED) is 0.935. The first-order chi connectivity index (χ1) is 9.82. The summed E-state index contributed by atoms with van der Waals surface area (Å²) in [6.45, 7) is 6.10. The second-order valence-electron chi connectivity index (χ2n) is 4.81. The van der Waals surface area contributed by atoms with Crippen LogP contribution in [-0.4, -0.2) is 21.1 Å². The van der Waals surface area contributed by atoms with Gasteiger partial charge in [-0.3, -0.25) is 4.57 Å². The van der Waals surface area contributed by atoms with E-state index >= 15 is 0 Å². The molecule has 0 bridgehead atoms. The van der Waals surface area contributed by atoms with Gasteiger partial charge in [0, 0.05) is 12.2 Å². The minimum Gasteiger partial charge on any atom is -0.370 e. The van der Waals surface area contributed by atoms with E-state index in [0.29, 0.717) is 6.54 Å². The molecule has 0 saturated carbocycles. The van der Waals surface area contributed by atoms with Crippen LogP contribution >= 0.6 is 0 Å². The smallest absolute Gasteiger partial charge is 0.370 e. The monoisotopic (exact) mass is 298 g/mol. The summed E-state index contributed by atoms with van der Waals surface area (Å²) in [7, 11) is 0. The third-order valence-electron chi connectivity index (χ3n) is 3.19. The first-order valence-electron chi connectivity index (χ1n) is 6.67. The van der Waals surface area contributed by atoms with E-state index in [-0.39, 0.29) is 11.6 Å². The number of nitrogens with one attached hydrogen (secondary N) is 1. The zero-order chi connectivity index (χ0) is 15.6. The summed E-state index contributed by atoms with van der Waals surface area (Å²) in [6.07, 6.45) is -2.13. The molecule has 0 amide bonds. The molecule has 0 unspecified atom stereocenters. The minimum atomic E-state index is -4.41. The van der Waals surface area contributed by atoms with Crippen LogP contribution in [0.4, 0.5) is 19.0 Å². The maximum atomic E-state index is 13.0. The van der Waals surface area contributed by atoms with E-state index in [9.17, 15) is 13.2 Å². The minimum absolute atomic E-state index is 0.210. The Bertz CT molecular complexity index is 632. The molecule has 0 fully saturated rings. The number of imidazole rings is 1. The van der Waals surface area contributed by atoms with Crippen LogP contribution in [0.1, 0.15) is 30.3 Å². The lowest BCUT2D eigenvalue weighted by Gasteiger charge is -2.13. The Morgan fingerprint density at radius 1 is 1.24 bits per heavy atom. The van der Waals surface area contributed by atoms with Gasteiger partial charge in [0.15, 0.2) is 0 Å². The number of alkyl halides is 3. The Morgan fingerprint density at radius 3 is 2.48 bits per heavy atom. The number of hydrogen-bond acceptors (Lipinski definition) is 3. The summed E-state index contributed by atoms with van der Waals surface area (Å²) in [5.74, 6) is 0.425. The molecule has 0 aliphatic rings. The number of aryl methyl sites for hydroxylation is 1. The second kappa shape index (κ2) is 5.75. The summed E-state index contributed by atoms with van der Waals surface area (Å²) < 4.78 is 40.6. The van der Waals surface area contributed by atoms with Crippen LogP contribution in [0.25, 0.3) is 5.82 Å². The Hall–Kier alpha value is -2.05. The van der Waals surface area contributed by atoms with Gasteiger partial charge in [0.2, 0.25) is 0 Å². The normalized spacial score (nSPS) is 11.7. The Kier molecular flexibility index (Phi) is 4.20. The van der Waals surface area contributed by atoms with Crippen LogP contribution in [0.5, 0.6) is 0 Å². The number of aromatic nitrogens is 3. The van der Waals surface area contributed by atoms with Crippen LogP contribution in [0, 0.1) is 13.8 Å². The van der Waals surface area contributed by atoms with Crippen LogP contribution in [0.3, 0.4) is 0 Å². The number of hydrogen-bond donors (Lipinski definition) is 1. The van der Waals surface area contributed by atoms with Gasteiger partial charge in [-0.25, -0.2) is 9.97 Å². The van der Waals surface area contributed by atoms with Crippen molar-refractivity contribution in [1.29, 1.82) is 0 Å². The van der Waals surface area contributed by atoms with Gasteiger partial charge >= 0.3 is 6.18 Å². The summed E-state index contributed by atoms with van der Waals surface area (Å²) in [5, 5.41) is 2.90. The van der Waals surface area contributed by atoms with Gasteiger partial charge in [0.25, 0.3) is 0 Å². The molecule has 2 aromatic rings. The zero-order valence-corrected chi connectivity index (χ0v) is 12.1. The summed E-state index contributed by atoms with van der Waals surface area (Å²) in [6, 6.07) is 2.06. The molecule has 2 rings (SSSR count). The summed E-state index contributed by atoms with van der Waals surface area (Å²) in [4.78, 5) is 8.34. The molecule has 0 spiro atoms. The van der Waals surface area contributed by atoms with Gasteiger partial charge in [-0.2, -0.15) is 13.2 Å². The van der Waals surface area contributed by atoms with E-state index in [1.807, 2.05) is 6.92 Å². The SMILES string of the molecule is CCCNc1cc(C(F)(F)F)cc(-n2cnc(C)c2C)n1. The lowest BCUT2D eigenvalue weighted by atomic mass is 10.2. The third kappa shape index (κ3) is 3.34. The summed E-state index contributed by atoms with van der Waals surface area (Å²) >= 11 is 0. The predicted octanol–water partition coefficient (Wildman–Crippen LogP) is 3.72. The lowest BCUT2D eigenvalue weighted by Crippen LogP contribution is -2.11. The van der Waals surface area contributed by atoms with E-state index in [2.05, 4.69) is 15.3 Å². The van der Waals surface area contributed by atoms with Crippen molar-refractivity contribution in [1.82, 2.24) is 14.5 Å². The molecule has 4 nitrogen and oxygen atoms in total. The van der Waals surface area contributed by atoms with Crippen molar-refractivity contribution in [2.24, 2.45) is 0 Å². The second-order valence-corrected chi connectivity index (χ2v) is 4.81. The molecule has 2 aromatic heterocycles. The molecule has 0 atom stereocenters. The fourth-order valence-corrected chi connectivity index (χ4v) is 1.88. The predicted molar refractivity (Wildman–Crippen MR) is 74.6 cm³/mol. The highest BCUT2D eigenvalue weighted by Crippen LogP contribution is 2.32. The topological polar surface area (TPSA) is 42.7 Å². The van der Waals surface area contributed by atoms with Gasteiger partial charge in [-0.05, 0) is 32.4 Å². The fraction of sp³-hybridized carbons (Fsp3) is 0.429. The first kappa shape index (κ1) is 15.3. The largest absolute Gasteiger partial charge is 0.416 e. The molecule has 0 radical (unpaired) electrons. The van der Waals surface area contributed by atoms with Crippen molar-refractivity contribution in [3.8, 4) is 5.82 Å². The lowest BCUT2D eigenvalue weighted by molar-refractivity contribution is -0.137. The number of halogens is 3. The summed E-state index contributed by atoms with van der Waals surface area (Å²) in [5.41, 5.74) is 0.803. The highest BCUT2D eigenvalue weighted by Gasteiger charge is 2.32. The number of anilines is 1. The van der Waals surface area contributed by atoms with Crippen molar-refractivity contribution in [2.75, 3.05) is 11.9 Å². The maximum absolute atomic E-state index is 13.0. The van der Waals surface area contributed by atoms with E-state index in [1.165, 1.54) is 6.33 Å². The van der Waals surface area contributed by atoms with Crippen molar-refractivity contribution < 1.29 is 13.2 Å². The van der Waals surface area contributed by atoms with Gasteiger partial charge < -0.3 is 5.32 Å². The molecule has 21 heavy (non-hydrogen) atoms. The molecule has 114 valence electrons. The average molecular weight is 298 g/mol. The van der Waals surface area contributed by atoms with E-state index < -0.39 is 11.7 Å². The first-order valence-corrected chi connectivity index (χ1v) is 6.67. The molecule has 7 heteroatoms. The number of nitrogens with zero attached hydrogens (tertiary/aromatic N) is 3. The standard InChI is InChI=1S/C14H17F3N4/c1-4-5-18-12-6-11(14(15,16)17)7-13(20-12)21-8-19-9(2)10(21)3/h6-8H,4-5H2,1-3H3,(H,18,20). The fourth-order valence-electron chi connectivity index (χ4n) is 1.88. The Balaban J connectivity index is 2.52. The van der Waals surface area contributed by atoms with Crippen molar-refractivity contribution in [3.63, 3.8) is 0 Å². The van der Waals surface area contributed by atoms with Crippen LogP contribution < -0.4 is 5.32 Å². The Morgan fingerprint density at radius 2 is 1.95 bits per heavy atom. The molecule has 0 aliphatic heterocycles. The van der Waals surface area contributed by atoms with Crippen molar-refractivity contribution >= 4 is 5.82 Å². The molecule has 0 saturated heterocycles. The molecule has 0 aliphatic carbocycles. The van der Waals surface area contributed by atoms with Gasteiger partial charge in [-0.15, -0.1) is 0 Å². The van der Waals surface area contributed by atoms with Crippen LogP contribution in [0.2, 0.25) is 0 Å². The zero-order valence-electron chi connectivity index (χ0n) is 12.1. The third-order valence-corrected chi connectivity index (χ3v) is 3.19. The molecular weight excluding hydrogens is 281 g/mol. The highest BCUT2D eigenvalue weighted by atomic mass is 19.4. The molecule has 1 N–H and O–H groups in total. The average Bonchev–Trinajstić information content (AvgIpc) is 2.75. The molecular formula is C14H17F3N4. The van der Waals surface area contributed by atoms with Gasteiger partial charge in [0.05, 0.1) is 11.3 Å². The van der Waals surface area contributed by atoms with Crippen molar-refractivity contribution in [3.05, 3.63) is 35.4 Å². The number of pyridine rings is 1. The Labute approximate surface area is 121 Å². The number of rotatable bonds is 4. The van der Waals surface area contributed by atoms with E-state index in [1.54, 1.807) is 18.4 Å². The van der Waals surface area contributed by atoms with E-state index in [0.717, 1.165) is 29.9 Å². The van der Waals surface area contributed by atoms with E-state index in [4.69, 9.17) is 0 Å². The molecule has 2 heterocycles. The van der Waals surface area contributed by atoms with Crippen LogP contribution in [-0.2, 0) is 6.18 Å². The van der Waals surface area contributed by atoms with Crippen molar-refractivity contribution in [2.45, 2.75) is 33.4 Å². The molecule has 0 aromatic carbocycles. The van der Waals surface area contributed by atoms with Crippen LogP contribution in [0.15, 0.2) is 18.5 Å². The van der Waals surface area contributed by atoms with Gasteiger partial charge in [-0.1, -0.05) is 6.92 Å².